The Labute approximate surface area is 98.5 Å². The summed E-state index contributed by atoms with van der Waals surface area (Å²) in [7, 11) is 0. The molecule has 0 bridgehead atoms. The Balaban J connectivity index is 1.91. The van der Waals surface area contributed by atoms with E-state index in [2.05, 4.69) is 37.3 Å². The summed E-state index contributed by atoms with van der Waals surface area (Å²) < 4.78 is 0. The lowest BCUT2D eigenvalue weighted by molar-refractivity contribution is 0.0778. The van der Waals surface area contributed by atoms with Crippen LogP contribution in [0, 0.1) is 5.92 Å². The van der Waals surface area contributed by atoms with E-state index in [0.717, 1.165) is 12.3 Å². The van der Waals surface area contributed by atoms with Gasteiger partial charge < -0.3 is 5.11 Å². The minimum atomic E-state index is -0.0725. The monoisotopic (exact) mass is 218 g/mol. The first-order valence-corrected chi connectivity index (χ1v) is 6.54. The van der Waals surface area contributed by atoms with Crippen molar-refractivity contribution in [3.63, 3.8) is 0 Å². The first-order chi connectivity index (χ1) is 7.81. The van der Waals surface area contributed by atoms with Crippen molar-refractivity contribution in [1.29, 1.82) is 0 Å². The van der Waals surface area contributed by atoms with Gasteiger partial charge in [-0.05, 0) is 49.5 Å². The summed E-state index contributed by atoms with van der Waals surface area (Å²) >= 11 is 0. The molecule has 2 rings (SSSR count). The Hall–Kier alpha value is -0.820. The quantitative estimate of drug-likeness (QED) is 0.819. The fourth-order valence-electron chi connectivity index (χ4n) is 2.90. The molecule has 16 heavy (non-hydrogen) atoms. The molecule has 1 aromatic rings. The van der Waals surface area contributed by atoms with Gasteiger partial charge >= 0.3 is 0 Å². The molecule has 1 aliphatic carbocycles. The van der Waals surface area contributed by atoms with Crippen LogP contribution in [0.3, 0.4) is 0 Å². The summed E-state index contributed by atoms with van der Waals surface area (Å²) in [6, 6.07) is 10.8. The zero-order valence-corrected chi connectivity index (χ0v) is 10.1. The number of benzene rings is 1. The number of hydrogen-bond acceptors (Lipinski definition) is 1. The molecule has 1 N–H and O–H groups in total. The Morgan fingerprint density at radius 3 is 2.31 bits per heavy atom. The van der Waals surface area contributed by atoms with Gasteiger partial charge in [-0.2, -0.15) is 0 Å². The van der Waals surface area contributed by atoms with Crippen LogP contribution in [-0.2, 0) is 0 Å². The second kappa shape index (κ2) is 5.49. The van der Waals surface area contributed by atoms with Gasteiger partial charge in [-0.1, -0.05) is 37.3 Å². The standard InChI is InChI=1S/C15H22O/c1-2-15(16)14-10-8-13(9-11-14)12-6-4-3-5-7-12/h3-7,13-16H,2,8-11H2,1H3. The van der Waals surface area contributed by atoms with Gasteiger partial charge in [0.2, 0.25) is 0 Å². The molecular formula is C15H22O. The zero-order chi connectivity index (χ0) is 11.4. The minimum absolute atomic E-state index is 0.0725. The summed E-state index contributed by atoms with van der Waals surface area (Å²) in [5.74, 6) is 1.27. The summed E-state index contributed by atoms with van der Waals surface area (Å²) in [5.41, 5.74) is 1.48. The van der Waals surface area contributed by atoms with Crippen LogP contribution in [0.4, 0.5) is 0 Å². The highest BCUT2D eigenvalue weighted by molar-refractivity contribution is 5.19. The van der Waals surface area contributed by atoms with E-state index < -0.39 is 0 Å². The molecule has 0 saturated heterocycles. The van der Waals surface area contributed by atoms with Crippen LogP contribution >= 0.6 is 0 Å². The lowest BCUT2D eigenvalue weighted by atomic mass is 9.76. The van der Waals surface area contributed by atoms with Crippen LogP contribution < -0.4 is 0 Å². The van der Waals surface area contributed by atoms with Crippen LogP contribution in [0.15, 0.2) is 30.3 Å². The molecule has 0 amide bonds. The molecule has 0 aromatic heterocycles. The lowest BCUT2D eigenvalue weighted by Gasteiger charge is -2.31. The zero-order valence-electron chi connectivity index (χ0n) is 10.1. The Morgan fingerprint density at radius 1 is 1.12 bits per heavy atom. The van der Waals surface area contributed by atoms with E-state index in [1.54, 1.807) is 0 Å². The van der Waals surface area contributed by atoms with Gasteiger partial charge in [-0.15, -0.1) is 0 Å². The van der Waals surface area contributed by atoms with E-state index in [1.807, 2.05) is 0 Å². The second-order valence-corrected chi connectivity index (χ2v) is 5.00. The average Bonchev–Trinajstić information content (AvgIpc) is 2.39. The van der Waals surface area contributed by atoms with Gasteiger partial charge in [0, 0.05) is 0 Å². The minimum Gasteiger partial charge on any atom is -0.393 e. The molecule has 1 aromatic carbocycles. The number of aliphatic hydroxyl groups is 1. The van der Waals surface area contributed by atoms with Gasteiger partial charge in [0.25, 0.3) is 0 Å². The van der Waals surface area contributed by atoms with Crippen LogP contribution in [0.1, 0.15) is 50.5 Å². The smallest absolute Gasteiger partial charge is 0.0565 e. The normalized spacial score (nSPS) is 27.6. The molecule has 0 aliphatic heterocycles. The molecule has 88 valence electrons. The van der Waals surface area contributed by atoms with Crippen LogP contribution in [0.25, 0.3) is 0 Å². The lowest BCUT2D eigenvalue weighted by Crippen LogP contribution is -2.24. The largest absolute Gasteiger partial charge is 0.393 e. The first kappa shape index (κ1) is 11.7. The van der Waals surface area contributed by atoms with Crippen molar-refractivity contribution >= 4 is 0 Å². The topological polar surface area (TPSA) is 20.2 Å². The maximum Gasteiger partial charge on any atom is 0.0565 e. The summed E-state index contributed by atoms with van der Waals surface area (Å²) in [6.07, 6.45) is 5.69. The van der Waals surface area contributed by atoms with Crippen LogP contribution in [0.5, 0.6) is 0 Å². The van der Waals surface area contributed by atoms with Crippen LogP contribution in [-0.4, -0.2) is 11.2 Å². The average molecular weight is 218 g/mol. The summed E-state index contributed by atoms with van der Waals surface area (Å²) in [5, 5.41) is 9.84. The van der Waals surface area contributed by atoms with Crippen molar-refractivity contribution in [2.75, 3.05) is 0 Å². The van der Waals surface area contributed by atoms with Gasteiger partial charge in [0.05, 0.1) is 6.10 Å². The van der Waals surface area contributed by atoms with E-state index in [1.165, 1.54) is 31.2 Å². The fourth-order valence-corrected chi connectivity index (χ4v) is 2.90. The highest BCUT2D eigenvalue weighted by Gasteiger charge is 2.25. The third-order valence-corrected chi connectivity index (χ3v) is 4.01. The predicted molar refractivity (Wildman–Crippen MR) is 67.4 cm³/mol. The molecule has 1 heteroatoms. The van der Waals surface area contributed by atoms with E-state index in [4.69, 9.17) is 0 Å². The van der Waals surface area contributed by atoms with Crippen molar-refractivity contribution in [2.24, 2.45) is 5.92 Å². The Bertz CT molecular complexity index is 298. The molecule has 1 atom stereocenters. The van der Waals surface area contributed by atoms with Crippen molar-refractivity contribution in [3.05, 3.63) is 35.9 Å². The Morgan fingerprint density at radius 2 is 1.75 bits per heavy atom. The predicted octanol–water partition coefficient (Wildman–Crippen LogP) is 3.73. The molecule has 1 aliphatic rings. The first-order valence-electron chi connectivity index (χ1n) is 6.54. The van der Waals surface area contributed by atoms with Crippen molar-refractivity contribution < 1.29 is 5.11 Å². The van der Waals surface area contributed by atoms with Crippen LogP contribution in [0.2, 0.25) is 0 Å². The van der Waals surface area contributed by atoms with E-state index in [-0.39, 0.29) is 6.10 Å². The SMILES string of the molecule is CCC(O)C1CCC(c2ccccc2)CC1. The molecule has 1 fully saturated rings. The number of hydrogen-bond donors (Lipinski definition) is 1. The van der Waals surface area contributed by atoms with Gasteiger partial charge in [-0.25, -0.2) is 0 Å². The molecular weight excluding hydrogens is 196 g/mol. The molecule has 1 nitrogen and oxygen atoms in total. The maximum atomic E-state index is 9.84. The number of rotatable bonds is 3. The van der Waals surface area contributed by atoms with E-state index in [9.17, 15) is 5.11 Å². The third kappa shape index (κ3) is 2.65. The van der Waals surface area contributed by atoms with Crippen molar-refractivity contribution in [2.45, 2.75) is 51.0 Å². The molecule has 0 radical (unpaired) electrons. The molecule has 0 heterocycles. The maximum absolute atomic E-state index is 9.84. The molecule has 1 saturated carbocycles. The third-order valence-electron chi connectivity index (χ3n) is 4.01. The van der Waals surface area contributed by atoms with Gasteiger partial charge in [-0.3, -0.25) is 0 Å². The van der Waals surface area contributed by atoms with Crippen molar-refractivity contribution in [1.82, 2.24) is 0 Å². The highest BCUT2D eigenvalue weighted by Crippen LogP contribution is 2.37. The summed E-state index contributed by atoms with van der Waals surface area (Å²) in [6.45, 7) is 2.08. The van der Waals surface area contributed by atoms with Gasteiger partial charge in [0.15, 0.2) is 0 Å². The van der Waals surface area contributed by atoms with Crippen molar-refractivity contribution in [3.8, 4) is 0 Å². The van der Waals surface area contributed by atoms with Gasteiger partial charge in [0.1, 0.15) is 0 Å². The summed E-state index contributed by atoms with van der Waals surface area (Å²) in [4.78, 5) is 0. The fraction of sp³-hybridized carbons (Fsp3) is 0.600. The van der Waals surface area contributed by atoms with E-state index >= 15 is 0 Å². The highest BCUT2D eigenvalue weighted by atomic mass is 16.3. The molecule has 0 spiro atoms. The molecule has 1 unspecified atom stereocenters. The van der Waals surface area contributed by atoms with E-state index in [0.29, 0.717) is 5.92 Å². The number of aliphatic hydroxyl groups excluding tert-OH is 1. The Kier molecular flexibility index (Phi) is 4.00. The second-order valence-electron chi connectivity index (χ2n) is 5.00.